The van der Waals surface area contributed by atoms with Gasteiger partial charge in [-0.05, 0) is 43.2 Å². The number of hydrogen-bond donors (Lipinski definition) is 0. The van der Waals surface area contributed by atoms with Gasteiger partial charge in [0.05, 0.1) is 19.1 Å². The summed E-state index contributed by atoms with van der Waals surface area (Å²) < 4.78 is 6.96. The lowest BCUT2D eigenvalue weighted by molar-refractivity contribution is -0.150. The Labute approximate surface area is 119 Å². The van der Waals surface area contributed by atoms with Crippen molar-refractivity contribution in [2.24, 2.45) is 5.92 Å². The van der Waals surface area contributed by atoms with Gasteiger partial charge in [-0.3, -0.25) is 9.69 Å². The molecule has 0 spiro atoms. The number of aryl methyl sites for hydroxylation is 1. The van der Waals surface area contributed by atoms with Gasteiger partial charge < -0.3 is 4.74 Å². The van der Waals surface area contributed by atoms with Gasteiger partial charge in [0.25, 0.3) is 0 Å². The summed E-state index contributed by atoms with van der Waals surface area (Å²) >= 11 is 0. The Morgan fingerprint density at radius 1 is 1.45 bits per heavy atom. The maximum atomic E-state index is 11.8. The number of likely N-dealkylation sites (tertiary alicyclic amines) is 1. The van der Waals surface area contributed by atoms with E-state index in [-0.39, 0.29) is 11.9 Å². The van der Waals surface area contributed by atoms with Gasteiger partial charge in [0.1, 0.15) is 0 Å². The monoisotopic (exact) mass is 281 g/mol. The lowest BCUT2D eigenvalue weighted by Gasteiger charge is -2.30. The van der Waals surface area contributed by atoms with Gasteiger partial charge in [0, 0.05) is 13.1 Å². The van der Waals surface area contributed by atoms with Crippen LogP contribution in [0.5, 0.6) is 0 Å². The van der Waals surface area contributed by atoms with Crippen molar-refractivity contribution in [3.05, 3.63) is 5.82 Å². The third kappa shape index (κ3) is 3.75. The SMILES string of the molecule is CCCn1nnnc1CN1CCC[C@H](C(=O)OCC)C1. The molecule has 1 aliphatic rings. The van der Waals surface area contributed by atoms with Crippen LogP contribution in [-0.4, -0.2) is 50.8 Å². The fourth-order valence-corrected chi connectivity index (χ4v) is 2.57. The number of hydrogen-bond acceptors (Lipinski definition) is 6. The number of carbonyl (C=O) groups excluding carboxylic acids is 1. The molecule has 1 aromatic heterocycles. The summed E-state index contributed by atoms with van der Waals surface area (Å²) in [5.41, 5.74) is 0. The van der Waals surface area contributed by atoms with Gasteiger partial charge in [0.15, 0.2) is 5.82 Å². The molecule has 1 atom stereocenters. The zero-order chi connectivity index (χ0) is 14.4. The summed E-state index contributed by atoms with van der Waals surface area (Å²) in [7, 11) is 0. The number of rotatable bonds is 6. The highest BCUT2D eigenvalue weighted by atomic mass is 16.5. The number of nitrogens with zero attached hydrogens (tertiary/aromatic N) is 5. The van der Waals surface area contributed by atoms with Crippen LogP contribution in [0.3, 0.4) is 0 Å². The molecule has 2 heterocycles. The quantitative estimate of drug-likeness (QED) is 0.720. The molecule has 0 aliphatic carbocycles. The summed E-state index contributed by atoms with van der Waals surface area (Å²) in [6.45, 7) is 7.64. The highest BCUT2D eigenvalue weighted by molar-refractivity contribution is 5.72. The topological polar surface area (TPSA) is 73.1 Å². The van der Waals surface area contributed by atoms with Crippen LogP contribution in [0.25, 0.3) is 0 Å². The third-order valence-corrected chi connectivity index (χ3v) is 3.53. The van der Waals surface area contributed by atoms with Crippen molar-refractivity contribution in [3.63, 3.8) is 0 Å². The Balaban J connectivity index is 1.92. The van der Waals surface area contributed by atoms with E-state index in [2.05, 4.69) is 27.3 Å². The van der Waals surface area contributed by atoms with Crippen molar-refractivity contribution in [2.75, 3.05) is 19.7 Å². The standard InChI is InChI=1S/C13H23N5O2/c1-3-7-18-12(14-15-16-18)10-17-8-5-6-11(9-17)13(19)20-4-2/h11H,3-10H2,1-2H3/t11-/m0/s1. The average Bonchev–Trinajstić information content (AvgIpc) is 2.87. The van der Waals surface area contributed by atoms with Crippen LogP contribution in [0.2, 0.25) is 0 Å². The summed E-state index contributed by atoms with van der Waals surface area (Å²) in [5, 5.41) is 11.8. The van der Waals surface area contributed by atoms with Crippen LogP contribution in [0.4, 0.5) is 0 Å². The van der Waals surface area contributed by atoms with Gasteiger partial charge in [-0.25, -0.2) is 4.68 Å². The molecule has 0 bridgehead atoms. The Bertz CT molecular complexity index is 434. The molecule has 0 saturated carbocycles. The highest BCUT2D eigenvalue weighted by Crippen LogP contribution is 2.19. The van der Waals surface area contributed by atoms with Gasteiger partial charge in [-0.2, -0.15) is 0 Å². The first-order chi connectivity index (χ1) is 9.74. The van der Waals surface area contributed by atoms with E-state index in [0.29, 0.717) is 13.2 Å². The molecule has 1 aromatic rings. The fourth-order valence-electron chi connectivity index (χ4n) is 2.57. The van der Waals surface area contributed by atoms with Gasteiger partial charge in [-0.15, -0.1) is 5.10 Å². The van der Waals surface area contributed by atoms with Crippen LogP contribution >= 0.6 is 0 Å². The number of carbonyl (C=O) groups is 1. The van der Waals surface area contributed by atoms with E-state index in [4.69, 9.17) is 4.74 Å². The number of tetrazole rings is 1. The Morgan fingerprint density at radius 2 is 2.30 bits per heavy atom. The van der Waals surface area contributed by atoms with Crippen LogP contribution in [0.15, 0.2) is 0 Å². The zero-order valence-electron chi connectivity index (χ0n) is 12.3. The second kappa shape index (κ2) is 7.33. The average molecular weight is 281 g/mol. The van der Waals surface area contributed by atoms with E-state index in [9.17, 15) is 4.79 Å². The maximum absolute atomic E-state index is 11.8. The molecule has 0 amide bonds. The molecular weight excluding hydrogens is 258 g/mol. The molecule has 1 fully saturated rings. The van der Waals surface area contributed by atoms with Crippen LogP contribution in [0.1, 0.15) is 38.9 Å². The van der Waals surface area contributed by atoms with E-state index in [1.165, 1.54) is 0 Å². The zero-order valence-corrected chi connectivity index (χ0v) is 12.3. The first kappa shape index (κ1) is 14.9. The van der Waals surface area contributed by atoms with E-state index >= 15 is 0 Å². The first-order valence-corrected chi connectivity index (χ1v) is 7.38. The van der Waals surface area contributed by atoms with Crippen molar-refractivity contribution in [2.45, 2.75) is 46.2 Å². The smallest absolute Gasteiger partial charge is 0.310 e. The number of ether oxygens (including phenoxy) is 1. The molecule has 1 saturated heterocycles. The van der Waals surface area contributed by atoms with E-state index in [1.807, 2.05) is 11.6 Å². The Kier molecular flexibility index (Phi) is 5.46. The second-order valence-electron chi connectivity index (χ2n) is 5.14. The highest BCUT2D eigenvalue weighted by Gasteiger charge is 2.27. The second-order valence-corrected chi connectivity index (χ2v) is 5.14. The minimum absolute atomic E-state index is 0.0146. The Hall–Kier alpha value is -1.50. The maximum Gasteiger partial charge on any atom is 0.310 e. The first-order valence-electron chi connectivity index (χ1n) is 7.38. The van der Waals surface area contributed by atoms with Crippen molar-refractivity contribution < 1.29 is 9.53 Å². The van der Waals surface area contributed by atoms with Crippen molar-refractivity contribution in [1.29, 1.82) is 0 Å². The summed E-state index contributed by atoms with van der Waals surface area (Å²) in [5.74, 6) is 0.779. The van der Waals surface area contributed by atoms with Crippen LogP contribution in [-0.2, 0) is 22.6 Å². The summed E-state index contributed by atoms with van der Waals surface area (Å²) in [6, 6.07) is 0. The molecule has 1 aliphatic heterocycles. The minimum atomic E-state index is -0.0784. The number of piperidine rings is 1. The molecule has 2 rings (SSSR count). The molecule has 7 nitrogen and oxygen atoms in total. The molecule has 0 unspecified atom stereocenters. The fraction of sp³-hybridized carbons (Fsp3) is 0.846. The molecule has 0 radical (unpaired) electrons. The Morgan fingerprint density at radius 3 is 3.05 bits per heavy atom. The number of aromatic nitrogens is 4. The predicted octanol–water partition coefficient (Wildman–Crippen LogP) is 0.858. The van der Waals surface area contributed by atoms with Gasteiger partial charge in [-0.1, -0.05) is 6.92 Å². The molecule has 7 heteroatoms. The minimum Gasteiger partial charge on any atom is -0.466 e. The van der Waals surface area contributed by atoms with Crippen molar-refractivity contribution >= 4 is 5.97 Å². The summed E-state index contributed by atoms with van der Waals surface area (Å²) in [4.78, 5) is 14.1. The van der Waals surface area contributed by atoms with Crippen LogP contribution < -0.4 is 0 Å². The largest absolute Gasteiger partial charge is 0.466 e. The third-order valence-electron chi connectivity index (χ3n) is 3.53. The molecule has 112 valence electrons. The molecule has 0 N–H and O–H groups in total. The molecule has 20 heavy (non-hydrogen) atoms. The molecular formula is C13H23N5O2. The molecule has 0 aromatic carbocycles. The van der Waals surface area contributed by atoms with E-state index in [1.54, 1.807) is 0 Å². The van der Waals surface area contributed by atoms with Crippen LogP contribution in [0, 0.1) is 5.92 Å². The summed E-state index contributed by atoms with van der Waals surface area (Å²) in [6.07, 6.45) is 2.93. The number of esters is 1. The van der Waals surface area contributed by atoms with E-state index in [0.717, 1.165) is 44.7 Å². The predicted molar refractivity (Wildman–Crippen MR) is 72.7 cm³/mol. The van der Waals surface area contributed by atoms with Gasteiger partial charge in [0.2, 0.25) is 0 Å². The lowest BCUT2D eigenvalue weighted by atomic mass is 9.98. The lowest BCUT2D eigenvalue weighted by Crippen LogP contribution is -2.39. The van der Waals surface area contributed by atoms with Crippen molar-refractivity contribution in [1.82, 2.24) is 25.1 Å². The van der Waals surface area contributed by atoms with Crippen molar-refractivity contribution in [3.8, 4) is 0 Å². The normalized spacial score (nSPS) is 20.0. The van der Waals surface area contributed by atoms with Gasteiger partial charge >= 0.3 is 5.97 Å². The van der Waals surface area contributed by atoms with E-state index < -0.39 is 0 Å².